The number of carbonyl (C=O) groups excluding carboxylic acids is 3. The van der Waals surface area contributed by atoms with E-state index in [1.165, 1.54) is 44.2 Å². The first-order valence-corrected chi connectivity index (χ1v) is 13.3. The summed E-state index contributed by atoms with van der Waals surface area (Å²) in [6, 6.07) is 5.22. The van der Waals surface area contributed by atoms with E-state index in [2.05, 4.69) is 12.2 Å². The first-order valence-electron chi connectivity index (χ1n) is 13.3. The number of para-hydroxylation sites is 1. The second kappa shape index (κ2) is 17.9. The molecule has 0 atom stereocenters. The fraction of sp³-hybridized carbons (Fsp3) is 0.500. The Morgan fingerprint density at radius 1 is 1.16 bits per heavy atom. The van der Waals surface area contributed by atoms with Crippen molar-refractivity contribution in [3.8, 4) is 0 Å². The zero-order valence-corrected chi connectivity index (χ0v) is 23.0. The number of carbonyl (C=O) groups is 2. The Bertz CT molecular complexity index is 995. The Labute approximate surface area is 221 Å². The van der Waals surface area contributed by atoms with Crippen molar-refractivity contribution in [2.45, 2.75) is 73.1 Å². The minimum atomic E-state index is -0.439. The third-order valence-corrected chi connectivity index (χ3v) is 5.85. The number of anilines is 1. The molecule has 7 heteroatoms. The second-order valence-electron chi connectivity index (χ2n) is 8.87. The van der Waals surface area contributed by atoms with Gasteiger partial charge in [0.1, 0.15) is 0 Å². The zero-order valence-electron chi connectivity index (χ0n) is 23.0. The van der Waals surface area contributed by atoms with Crippen LogP contribution >= 0.6 is 0 Å². The van der Waals surface area contributed by atoms with Crippen molar-refractivity contribution >= 4 is 35.3 Å². The van der Waals surface area contributed by atoms with Crippen LogP contribution in [0.2, 0.25) is 0 Å². The third kappa shape index (κ3) is 11.4. The number of benzene rings is 1. The van der Waals surface area contributed by atoms with Crippen LogP contribution in [-0.4, -0.2) is 37.1 Å². The van der Waals surface area contributed by atoms with E-state index in [0.717, 1.165) is 24.3 Å². The highest BCUT2D eigenvalue weighted by Crippen LogP contribution is 2.32. The standard InChI is InChI=1S/C22H24N2O5.C6H12.C2H6/c1-3-29-19(12-25)18-8-4-6-15(2)21(18)24-20(26)14-28-13-17(7-5-11-23)22(27)16-9-10-16;1-6-4-2-3-5-6;1-2/h4-8,11,13,16,23H,3,9-10,14H2,1-2H3,(H,24,26);6H,2-5H2,1H3;1-2H3/p+1/b7-5-,17-13+,23-11?;;. The van der Waals surface area contributed by atoms with Gasteiger partial charge in [-0.25, -0.2) is 4.79 Å². The van der Waals surface area contributed by atoms with Gasteiger partial charge in [-0.2, -0.15) is 0 Å². The van der Waals surface area contributed by atoms with Crippen LogP contribution < -0.4 is 10.7 Å². The summed E-state index contributed by atoms with van der Waals surface area (Å²) in [6.07, 6.45) is 13.4. The molecule has 202 valence electrons. The van der Waals surface area contributed by atoms with Crippen molar-refractivity contribution in [2.24, 2.45) is 11.8 Å². The number of ketones is 1. The summed E-state index contributed by atoms with van der Waals surface area (Å²) in [5, 5.41) is 8.05. The van der Waals surface area contributed by atoms with Gasteiger partial charge in [-0.15, -0.1) is 0 Å². The number of rotatable bonds is 11. The first kappa shape index (κ1) is 31.6. The molecule has 0 aliphatic heterocycles. The minimum Gasteiger partial charge on any atom is -0.491 e. The molecule has 0 unspecified atom stereocenters. The average molecular weight is 512 g/mol. The number of nitrogens with two attached hydrogens (primary N) is 1. The maximum absolute atomic E-state index is 12.4. The largest absolute Gasteiger partial charge is 0.491 e. The number of nitrogens with one attached hydrogen (secondary N) is 1. The van der Waals surface area contributed by atoms with E-state index in [0.29, 0.717) is 23.4 Å². The number of ether oxygens (including phenoxy) is 2. The molecule has 2 saturated carbocycles. The molecule has 2 fully saturated rings. The summed E-state index contributed by atoms with van der Waals surface area (Å²) < 4.78 is 10.6. The van der Waals surface area contributed by atoms with Gasteiger partial charge in [0.2, 0.25) is 5.76 Å². The van der Waals surface area contributed by atoms with E-state index in [1.54, 1.807) is 44.1 Å². The maximum Gasteiger partial charge on any atom is 0.262 e. The molecule has 2 aliphatic carbocycles. The highest BCUT2D eigenvalue weighted by Gasteiger charge is 2.31. The molecule has 2 aliphatic rings. The zero-order chi connectivity index (χ0) is 27.6. The molecule has 0 heterocycles. The molecule has 0 radical (unpaired) electrons. The van der Waals surface area contributed by atoms with Gasteiger partial charge in [0.05, 0.1) is 29.7 Å². The van der Waals surface area contributed by atoms with Gasteiger partial charge in [-0.3, -0.25) is 15.0 Å². The molecule has 1 amide bonds. The molecule has 3 N–H and O–H groups in total. The smallest absolute Gasteiger partial charge is 0.262 e. The molecule has 0 spiro atoms. The number of Topliss-reactive ketones (excluding diaryl/α,β-unsaturated/α-hetero) is 1. The van der Waals surface area contributed by atoms with Crippen LogP contribution in [0.5, 0.6) is 0 Å². The van der Waals surface area contributed by atoms with Gasteiger partial charge in [0.15, 0.2) is 24.5 Å². The van der Waals surface area contributed by atoms with Crippen LogP contribution in [0.3, 0.4) is 0 Å². The monoisotopic (exact) mass is 511 g/mol. The summed E-state index contributed by atoms with van der Waals surface area (Å²) >= 11 is 0. The summed E-state index contributed by atoms with van der Waals surface area (Å²) in [4.78, 5) is 35.8. The van der Waals surface area contributed by atoms with E-state index >= 15 is 0 Å². The van der Waals surface area contributed by atoms with Crippen molar-refractivity contribution in [3.05, 3.63) is 53.3 Å². The van der Waals surface area contributed by atoms with Gasteiger partial charge >= 0.3 is 0 Å². The molecular formula is C30H43N2O5+. The van der Waals surface area contributed by atoms with Gasteiger partial charge < -0.3 is 14.8 Å². The minimum absolute atomic E-state index is 0.0164. The highest BCUT2D eigenvalue weighted by molar-refractivity contribution is 6.01. The summed E-state index contributed by atoms with van der Waals surface area (Å²) in [5.41, 5.74) is 2.01. The van der Waals surface area contributed by atoms with Crippen molar-refractivity contribution in [1.29, 1.82) is 0 Å². The van der Waals surface area contributed by atoms with Gasteiger partial charge in [-0.05, 0) is 50.3 Å². The average Bonchev–Trinajstić information content (AvgIpc) is 3.65. The molecular weight excluding hydrogens is 468 g/mol. The van der Waals surface area contributed by atoms with E-state index in [1.807, 2.05) is 13.8 Å². The Morgan fingerprint density at radius 3 is 2.35 bits per heavy atom. The predicted molar refractivity (Wildman–Crippen MR) is 148 cm³/mol. The second-order valence-corrected chi connectivity index (χ2v) is 8.87. The van der Waals surface area contributed by atoms with E-state index in [9.17, 15) is 14.4 Å². The molecule has 37 heavy (non-hydrogen) atoms. The van der Waals surface area contributed by atoms with Crippen molar-refractivity contribution in [2.75, 3.05) is 18.5 Å². The summed E-state index contributed by atoms with van der Waals surface area (Å²) in [6.45, 7) is 9.89. The van der Waals surface area contributed by atoms with Gasteiger partial charge in [-0.1, -0.05) is 58.6 Å². The Morgan fingerprint density at radius 2 is 1.84 bits per heavy atom. The number of amides is 1. The van der Waals surface area contributed by atoms with Crippen molar-refractivity contribution in [1.82, 2.24) is 0 Å². The normalized spacial score (nSPS) is 14.9. The number of aryl methyl sites for hydroxylation is 1. The maximum atomic E-state index is 12.4. The lowest BCUT2D eigenvalue weighted by atomic mass is 10.1. The Kier molecular flexibility index (Phi) is 15.3. The fourth-order valence-electron chi connectivity index (χ4n) is 3.76. The number of hydrogen-bond donors (Lipinski definition) is 2. The molecule has 0 bridgehead atoms. The van der Waals surface area contributed by atoms with Crippen LogP contribution in [0, 0.1) is 18.8 Å². The Balaban J connectivity index is 0.000000735. The lowest BCUT2D eigenvalue weighted by Gasteiger charge is -2.14. The molecule has 1 aromatic rings. The molecule has 0 saturated heterocycles. The van der Waals surface area contributed by atoms with Gasteiger partial charge in [0, 0.05) is 12.0 Å². The lowest BCUT2D eigenvalue weighted by molar-refractivity contribution is -0.119. The van der Waals surface area contributed by atoms with Crippen molar-refractivity contribution in [3.63, 3.8) is 0 Å². The quantitative estimate of drug-likeness (QED) is 0.148. The summed E-state index contributed by atoms with van der Waals surface area (Å²) in [5.74, 6) is 2.38. The van der Waals surface area contributed by atoms with Crippen LogP contribution in [0.1, 0.15) is 77.3 Å². The summed E-state index contributed by atoms with van der Waals surface area (Å²) in [7, 11) is 0. The topological polar surface area (TPSA) is 107 Å². The van der Waals surface area contributed by atoms with Crippen LogP contribution in [0.25, 0.3) is 5.76 Å². The van der Waals surface area contributed by atoms with Crippen molar-refractivity contribution < 1.29 is 29.3 Å². The molecule has 1 aromatic carbocycles. The van der Waals surface area contributed by atoms with Crippen LogP contribution in [0.15, 0.2) is 42.2 Å². The Hall–Kier alpha value is -3.44. The fourth-order valence-corrected chi connectivity index (χ4v) is 3.76. The van der Waals surface area contributed by atoms with Crippen LogP contribution in [-0.2, 0) is 23.9 Å². The van der Waals surface area contributed by atoms with E-state index < -0.39 is 5.91 Å². The van der Waals surface area contributed by atoms with Gasteiger partial charge in [0.25, 0.3) is 5.91 Å². The third-order valence-electron chi connectivity index (χ3n) is 5.85. The molecule has 7 nitrogen and oxygen atoms in total. The highest BCUT2D eigenvalue weighted by atomic mass is 16.5. The SMILES string of the molecule is CC.CC1CCCC1.CCOC(=C=O)c1cccc(C)c1NC(=O)CO/C=C(\C=C/C=[NH2+])C(=O)C1CC1. The van der Waals surface area contributed by atoms with E-state index in [-0.39, 0.29) is 24.1 Å². The van der Waals surface area contributed by atoms with E-state index in [4.69, 9.17) is 14.9 Å². The molecule has 3 rings (SSSR count). The lowest BCUT2D eigenvalue weighted by Crippen LogP contribution is -2.28. The first-order chi connectivity index (χ1) is 17.9. The molecule has 0 aromatic heterocycles. The number of hydrogen-bond acceptors (Lipinski definition) is 5. The van der Waals surface area contributed by atoms with Crippen LogP contribution in [0.4, 0.5) is 5.69 Å². The number of allylic oxidation sites excluding steroid dienone is 3. The predicted octanol–water partition coefficient (Wildman–Crippen LogP) is 4.63.